The molecule has 1 unspecified atom stereocenters. The van der Waals surface area contributed by atoms with Gasteiger partial charge in [0.05, 0.1) is 13.1 Å². The summed E-state index contributed by atoms with van der Waals surface area (Å²) >= 11 is 5.90. The fourth-order valence-corrected chi connectivity index (χ4v) is 2.06. The normalized spacial score (nSPS) is 21.1. The molecule has 0 aromatic heterocycles. The van der Waals surface area contributed by atoms with Gasteiger partial charge < -0.3 is 10.2 Å². The van der Waals surface area contributed by atoms with E-state index in [4.69, 9.17) is 11.6 Å². The van der Waals surface area contributed by atoms with Crippen molar-refractivity contribution in [3.8, 4) is 0 Å². The first-order chi connectivity index (χ1) is 7.24. The molecule has 1 saturated heterocycles. The number of hydrogen-bond donors (Lipinski definition) is 2. The molecule has 1 atom stereocenters. The summed E-state index contributed by atoms with van der Waals surface area (Å²) in [6.07, 6.45) is 0. The highest BCUT2D eigenvalue weighted by Crippen LogP contribution is 2.09. The van der Waals surface area contributed by atoms with Crippen molar-refractivity contribution in [1.29, 1.82) is 0 Å². The number of amides is 1. The molecule has 0 bridgehead atoms. The predicted octanol–water partition coefficient (Wildman–Crippen LogP) is -0.145. The van der Waals surface area contributed by atoms with Gasteiger partial charge >= 0.3 is 0 Å². The minimum atomic E-state index is 0.137. The van der Waals surface area contributed by atoms with Crippen LogP contribution in [-0.4, -0.2) is 25.5 Å². The number of rotatable bonds is 2. The van der Waals surface area contributed by atoms with E-state index in [0.717, 1.165) is 24.7 Å². The minimum absolute atomic E-state index is 0.137. The van der Waals surface area contributed by atoms with Gasteiger partial charge in [0.1, 0.15) is 6.54 Å². The van der Waals surface area contributed by atoms with E-state index in [1.54, 1.807) is 0 Å². The Kier molecular flexibility index (Phi) is 3.23. The van der Waals surface area contributed by atoms with Gasteiger partial charge in [0.25, 0.3) is 5.91 Å². The van der Waals surface area contributed by atoms with Gasteiger partial charge in [0.2, 0.25) is 0 Å². The number of piperazine rings is 1. The highest BCUT2D eigenvalue weighted by Gasteiger charge is 2.19. The SMILES string of the molecule is O=C1C[NH+](Cc2cccc(Cl)c2)CCN1. The van der Waals surface area contributed by atoms with Crippen molar-refractivity contribution >= 4 is 17.5 Å². The summed E-state index contributed by atoms with van der Waals surface area (Å²) < 4.78 is 0. The molecule has 1 aliphatic rings. The van der Waals surface area contributed by atoms with Crippen LogP contribution in [0.1, 0.15) is 5.56 Å². The number of hydrogen-bond acceptors (Lipinski definition) is 1. The van der Waals surface area contributed by atoms with Gasteiger partial charge in [-0.05, 0) is 12.1 Å². The van der Waals surface area contributed by atoms with Crippen LogP contribution in [0.5, 0.6) is 0 Å². The molecule has 4 heteroatoms. The van der Waals surface area contributed by atoms with Gasteiger partial charge in [0, 0.05) is 10.6 Å². The molecule has 2 N–H and O–H groups in total. The van der Waals surface area contributed by atoms with Crippen molar-refractivity contribution in [3.63, 3.8) is 0 Å². The van der Waals surface area contributed by atoms with Gasteiger partial charge in [-0.1, -0.05) is 23.7 Å². The molecule has 0 radical (unpaired) electrons. The molecule has 3 nitrogen and oxygen atoms in total. The monoisotopic (exact) mass is 225 g/mol. The number of quaternary nitrogens is 1. The second-order valence-electron chi connectivity index (χ2n) is 3.83. The van der Waals surface area contributed by atoms with Crippen LogP contribution in [0.25, 0.3) is 0 Å². The maximum Gasteiger partial charge on any atom is 0.275 e. The number of carbonyl (C=O) groups is 1. The summed E-state index contributed by atoms with van der Waals surface area (Å²) in [6.45, 7) is 3.19. The smallest absolute Gasteiger partial charge is 0.275 e. The van der Waals surface area contributed by atoms with Gasteiger partial charge in [-0.25, -0.2) is 0 Å². The largest absolute Gasteiger partial charge is 0.346 e. The lowest BCUT2D eigenvalue weighted by molar-refractivity contribution is -0.907. The molecule has 1 aromatic rings. The molecule has 1 heterocycles. The maximum atomic E-state index is 11.2. The van der Waals surface area contributed by atoms with Crippen LogP contribution in [-0.2, 0) is 11.3 Å². The van der Waals surface area contributed by atoms with Crippen LogP contribution in [0.15, 0.2) is 24.3 Å². The summed E-state index contributed by atoms with van der Waals surface area (Å²) in [5.41, 5.74) is 1.19. The molecular formula is C11H14ClN2O+. The lowest BCUT2D eigenvalue weighted by Crippen LogP contribution is -3.14. The molecule has 1 fully saturated rings. The van der Waals surface area contributed by atoms with Gasteiger partial charge in [-0.15, -0.1) is 0 Å². The van der Waals surface area contributed by atoms with E-state index >= 15 is 0 Å². The summed E-state index contributed by atoms with van der Waals surface area (Å²) in [5, 5.41) is 3.58. The third kappa shape index (κ3) is 2.94. The predicted molar refractivity (Wildman–Crippen MR) is 58.9 cm³/mol. The van der Waals surface area contributed by atoms with E-state index in [-0.39, 0.29) is 5.91 Å². The second-order valence-corrected chi connectivity index (χ2v) is 4.27. The Morgan fingerprint density at radius 3 is 3.07 bits per heavy atom. The van der Waals surface area contributed by atoms with Crippen molar-refractivity contribution < 1.29 is 9.69 Å². The third-order valence-electron chi connectivity index (χ3n) is 2.55. The van der Waals surface area contributed by atoms with Crippen molar-refractivity contribution in [2.75, 3.05) is 19.6 Å². The Morgan fingerprint density at radius 2 is 2.33 bits per heavy atom. The average molecular weight is 226 g/mol. The summed E-state index contributed by atoms with van der Waals surface area (Å²) in [6, 6.07) is 7.82. The Morgan fingerprint density at radius 1 is 1.47 bits per heavy atom. The molecule has 15 heavy (non-hydrogen) atoms. The average Bonchev–Trinajstić information content (AvgIpc) is 2.17. The number of nitrogens with one attached hydrogen (secondary N) is 2. The molecule has 2 rings (SSSR count). The van der Waals surface area contributed by atoms with Crippen LogP contribution < -0.4 is 10.2 Å². The molecule has 0 spiro atoms. The lowest BCUT2D eigenvalue weighted by Gasteiger charge is -2.23. The van der Waals surface area contributed by atoms with Crippen LogP contribution >= 0.6 is 11.6 Å². The highest BCUT2D eigenvalue weighted by atomic mass is 35.5. The lowest BCUT2D eigenvalue weighted by atomic mass is 10.2. The van der Waals surface area contributed by atoms with Crippen LogP contribution in [0, 0.1) is 0 Å². The van der Waals surface area contributed by atoms with E-state index in [1.807, 2.05) is 24.3 Å². The maximum absolute atomic E-state index is 11.2. The van der Waals surface area contributed by atoms with Crippen molar-refractivity contribution in [3.05, 3.63) is 34.9 Å². The number of halogens is 1. The zero-order valence-corrected chi connectivity index (χ0v) is 9.18. The van der Waals surface area contributed by atoms with Crippen LogP contribution in [0.4, 0.5) is 0 Å². The summed E-state index contributed by atoms with van der Waals surface area (Å²) in [5.74, 6) is 0.137. The summed E-state index contributed by atoms with van der Waals surface area (Å²) in [4.78, 5) is 12.5. The first-order valence-electron chi connectivity index (χ1n) is 5.09. The van der Waals surface area contributed by atoms with Crippen LogP contribution in [0.3, 0.4) is 0 Å². The van der Waals surface area contributed by atoms with E-state index in [1.165, 1.54) is 10.5 Å². The minimum Gasteiger partial charge on any atom is -0.346 e. The fraction of sp³-hybridized carbons (Fsp3) is 0.364. The van der Waals surface area contributed by atoms with E-state index < -0.39 is 0 Å². The fourth-order valence-electron chi connectivity index (χ4n) is 1.84. The highest BCUT2D eigenvalue weighted by molar-refractivity contribution is 6.30. The topological polar surface area (TPSA) is 33.5 Å². The van der Waals surface area contributed by atoms with Gasteiger partial charge in [-0.3, -0.25) is 4.79 Å². The molecule has 1 amide bonds. The number of carbonyl (C=O) groups excluding carboxylic acids is 1. The Bertz CT molecular complexity index is 367. The van der Waals surface area contributed by atoms with Gasteiger partial charge in [-0.2, -0.15) is 0 Å². The molecular weight excluding hydrogens is 212 g/mol. The van der Waals surface area contributed by atoms with Crippen molar-refractivity contribution in [1.82, 2.24) is 5.32 Å². The number of benzene rings is 1. The zero-order valence-electron chi connectivity index (χ0n) is 8.42. The molecule has 1 aliphatic heterocycles. The van der Waals surface area contributed by atoms with E-state index in [2.05, 4.69) is 5.32 Å². The standard InChI is InChI=1S/C11H13ClN2O/c12-10-3-1-2-9(6-10)7-14-5-4-13-11(15)8-14/h1-3,6H,4-5,7-8H2,(H,13,15)/p+1. The van der Waals surface area contributed by atoms with E-state index in [9.17, 15) is 4.79 Å². The third-order valence-corrected chi connectivity index (χ3v) is 2.79. The first-order valence-corrected chi connectivity index (χ1v) is 5.46. The van der Waals surface area contributed by atoms with E-state index in [0.29, 0.717) is 6.54 Å². The summed E-state index contributed by atoms with van der Waals surface area (Å²) in [7, 11) is 0. The van der Waals surface area contributed by atoms with Gasteiger partial charge in [0.15, 0.2) is 6.54 Å². The van der Waals surface area contributed by atoms with Crippen molar-refractivity contribution in [2.45, 2.75) is 6.54 Å². The Hall–Kier alpha value is -1.06. The van der Waals surface area contributed by atoms with Crippen LogP contribution in [0.2, 0.25) is 5.02 Å². The Balaban J connectivity index is 1.99. The molecule has 0 aliphatic carbocycles. The molecule has 1 aromatic carbocycles. The first kappa shape index (κ1) is 10.5. The quantitative estimate of drug-likeness (QED) is 0.722. The second kappa shape index (κ2) is 4.64. The van der Waals surface area contributed by atoms with Crippen molar-refractivity contribution in [2.24, 2.45) is 0 Å². The Labute approximate surface area is 94.0 Å². The molecule has 80 valence electrons. The zero-order chi connectivity index (χ0) is 10.7. The molecule has 0 saturated carbocycles.